The first-order valence-corrected chi connectivity index (χ1v) is 6.69. The maximum atomic E-state index is 12.1. The summed E-state index contributed by atoms with van der Waals surface area (Å²) in [4.78, 5) is 25.2. The van der Waals surface area contributed by atoms with E-state index < -0.39 is 0 Å². The zero-order valence-electron chi connectivity index (χ0n) is 11.5. The van der Waals surface area contributed by atoms with Crippen molar-refractivity contribution in [3.05, 3.63) is 29.8 Å². The molecule has 1 N–H and O–H groups in total. The summed E-state index contributed by atoms with van der Waals surface area (Å²) in [6.07, 6.45) is 1.49. The molecule has 1 aliphatic rings. The van der Waals surface area contributed by atoms with Gasteiger partial charge in [-0.15, -0.1) is 0 Å². The maximum absolute atomic E-state index is 12.1. The Morgan fingerprint density at radius 1 is 1.26 bits per heavy atom. The van der Waals surface area contributed by atoms with Crippen LogP contribution >= 0.6 is 0 Å². The molecule has 1 aromatic rings. The highest BCUT2D eigenvalue weighted by molar-refractivity contribution is 5.92. The molecule has 1 aromatic carbocycles. The Bertz CT molecular complexity index is 477. The quantitative estimate of drug-likeness (QED) is 0.886. The van der Waals surface area contributed by atoms with E-state index in [1.54, 1.807) is 11.8 Å². The fraction of sp³-hybridized carbons (Fsp3) is 0.467. The zero-order valence-corrected chi connectivity index (χ0v) is 11.5. The second kappa shape index (κ2) is 5.87. The Labute approximate surface area is 113 Å². The van der Waals surface area contributed by atoms with Crippen molar-refractivity contribution in [1.29, 1.82) is 0 Å². The fourth-order valence-electron chi connectivity index (χ4n) is 2.42. The molecule has 4 heteroatoms. The fourth-order valence-corrected chi connectivity index (χ4v) is 2.42. The van der Waals surface area contributed by atoms with Crippen LogP contribution in [-0.2, 0) is 9.59 Å². The summed E-state index contributed by atoms with van der Waals surface area (Å²) in [6, 6.07) is 7.79. The smallest absolute Gasteiger partial charge is 0.227 e. The van der Waals surface area contributed by atoms with Crippen molar-refractivity contribution in [2.24, 2.45) is 5.92 Å². The van der Waals surface area contributed by atoms with Crippen LogP contribution in [-0.4, -0.2) is 29.8 Å². The number of anilines is 1. The van der Waals surface area contributed by atoms with Crippen molar-refractivity contribution >= 4 is 17.5 Å². The van der Waals surface area contributed by atoms with Crippen molar-refractivity contribution in [3.63, 3.8) is 0 Å². The minimum absolute atomic E-state index is 0.0103. The van der Waals surface area contributed by atoms with Crippen LogP contribution in [0.25, 0.3) is 0 Å². The third-order valence-corrected chi connectivity index (χ3v) is 3.60. The summed E-state index contributed by atoms with van der Waals surface area (Å²) in [5.41, 5.74) is 1.98. The van der Waals surface area contributed by atoms with Crippen LogP contribution in [0.1, 0.15) is 25.3 Å². The summed E-state index contributed by atoms with van der Waals surface area (Å²) >= 11 is 0. The van der Waals surface area contributed by atoms with Crippen molar-refractivity contribution in [2.75, 3.05) is 18.4 Å². The van der Waals surface area contributed by atoms with Gasteiger partial charge in [0, 0.05) is 31.6 Å². The van der Waals surface area contributed by atoms with Gasteiger partial charge in [0.2, 0.25) is 11.8 Å². The number of benzene rings is 1. The number of rotatable bonds is 2. The average molecular weight is 260 g/mol. The van der Waals surface area contributed by atoms with Crippen molar-refractivity contribution in [2.45, 2.75) is 26.7 Å². The highest BCUT2D eigenvalue weighted by Gasteiger charge is 2.25. The number of aryl methyl sites for hydroxylation is 1. The molecular weight excluding hydrogens is 240 g/mol. The van der Waals surface area contributed by atoms with Gasteiger partial charge in [0.05, 0.1) is 0 Å². The molecule has 1 aliphatic heterocycles. The van der Waals surface area contributed by atoms with Gasteiger partial charge in [-0.3, -0.25) is 9.59 Å². The minimum Gasteiger partial charge on any atom is -0.343 e. The van der Waals surface area contributed by atoms with Gasteiger partial charge >= 0.3 is 0 Å². The van der Waals surface area contributed by atoms with Gasteiger partial charge in [0.1, 0.15) is 0 Å². The first kappa shape index (κ1) is 13.6. The van der Waals surface area contributed by atoms with Crippen LogP contribution < -0.4 is 5.32 Å². The SMILES string of the molecule is CC(=O)N1CCC(C(=O)Nc2cccc(C)c2)CC1. The van der Waals surface area contributed by atoms with E-state index in [-0.39, 0.29) is 17.7 Å². The molecule has 0 atom stereocenters. The van der Waals surface area contributed by atoms with Crippen LogP contribution in [0.4, 0.5) is 5.69 Å². The van der Waals surface area contributed by atoms with Crippen LogP contribution in [0, 0.1) is 12.8 Å². The number of hydrogen-bond acceptors (Lipinski definition) is 2. The number of amides is 2. The van der Waals surface area contributed by atoms with Crippen molar-refractivity contribution in [3.8, 4) is 0 Å². The molecule has 0 aliphatic carbocycles. The lowest BCUT2D eigenvalue weighted by molar-refractivity contribution is -0.132. The molecule has 0 unspecified atom stereocenters. The zero-order chi connectivity index (χ0) is 13.8. The first-order valence-electron chi connectivity index (χ1n) is 6.69. The average Bonchev–Trinajstić information content (AvgIpc) is 2.39. The van der Waals surface area contributed by atoms with E-state index in [1.807, 2.05) is 31.2 Å². The van der Waals surface area contributed by atoms with E-state index in [0.717, 1.165) is 24.1 Å². The number of likely N-dealkylation sites (tertiary alicyclic amines) is 1. The number of carbonyl (C=O) groups excluding carboxylic acids is 2. The third-order valence-electron chi connectivity index (χ3n) is 3.60. The van der Waals surface area contributed by atoms with E-state index in [2.05, 4.69) is 5.32 Å². The monoisotopic (exact) mass is 260 g/mol. The van der Waals surface area contributed by atoms with Gasteiger partial charge < -0.3 is 10.2 Å². The lowest BCUT2D eigenvalue weighted by Crippen LogP contribution is -2.40. The lowest BCUT2D eigenvalue weighted by atomic mass is 9.96. The number of carbonyl (C=O) groups is 2. The van der Waals surface area contributed by atoms with E-state index in [1.165, 1.54) is 0 Å². The standard InChI is InChI=1S/C15H20N2O2/c1-11-4-3-5-14(10-11)16-15(19)13-6-8-17(9-7-13)12(2)18/h3-5,10,13H,6-9H2,1-2H3,(H,16,19). The van der Waals surface area contributed by atoms with Gasteiger partial charge in [-0.2, -0.15) is 0 Å². The second-order valence-corrected chi connectivity index (χ2v) is 5.14. The number of nitrogens with one attached hydrogen (secondary N) is 1. The normalized spacial score (nSPS) is 16.2. The number of hydrogen-bond donors (Lipinski definition) is 1. The molecule has 1 heterocycles. The predicted octanol–water partition coefficient (Wildman–Crippen LogP) is 2.19. The molecule has 4 nitrogen and oxygen atoms in total. The summed E-state index contributed by atoms with van der Waals surface area (Å²) in [5, 5.41) is 2.95. The van der Waals surface area contributed by atoms with Gasteiger partial charge in [0.25, 0.3) is 0 Å². The van der Waals surface area contributed by atoms with E-state index in [9.17, 15) is 9.59 Å². The van der Waals surface area contributed by atoms with Gasteiger partial charge in [-0.05, 0) is 37.5 Å². The second-order valence-electron chi connectivity index (χ2n) is 5.14. The molecule has 2 rings (SSSR count). The first-order chi connectivity index (χ1) is 9.06. The Morgan fingerprint density at radius 2 is 1.95 bits per heavy atom. The van der Waals surface area contributed by atoms with E-state index in [0.29, 0.717) is 13.1 Å². The van der Waals surface area contributed by atoms with Gasteiger partial charge in [0.15, 0.2) is 0 Å². The molecule has 2 amide bonds. The third kappa shape index (κ3) is 3.56. The minimum atomic E-state index is 0.0103. The highest BCUT2D eigenvalue weighted by Crippen LogP contribution is 2.20. The molecule has 102 valence electrons. The summed E-state index contributed by atoms with van der Waals surface area (Å²) in [6.45, 7) is 4.94. The molecule has 0 aromatic heterocycles. The molecule has 1 fully saturated rings. The van der Waals surface area contributed by atoms with Crippen LogP contribution in [0.5, 0.6) is 0 Å². The Kier molecular flexibility index (Phi) is 4.20. The molecule has 0 radical (unpaired) electrons. The van der Waals surface area contributed by atoms with Gasteiger partial charge in [-0.25, -0.2) is 0 Å². The van der Waals surface area contributed by atoms with E-state index in [4.69, 9.17) is 0 Å². The Morgan fingerprint density at radius 3 is 2.53 bits per heavy atom. The molecule has 19 heavy (non-hydrogen) atoms. The van der Waals surface area contributed by atoms with Crippen LogP contribution in [0.2, 0.25) is 0 Å². The summed E-state index contributed by atoms with van der Waals surface area (Å²) in [5.74, 6) is 0.169. The molecular formula is C15H20N2O2. The highest BCUT2D eigenvalue weighted by atomic mass is 16.2. The Hall–Kier alpha value is -1.84. The van der Waals surface area contributed by atoms with E-state index >= 15 is 0 Å². The summed E-state index contributed by atoms with van der Waals surface area (Å²) < 4.78 is 0. The largest absolute Gasteiger partial charge is 0.343 e. The molecule has 0 spiro atoms. The van der Waals surface area contributed by atoms with Crippen LogP contribution in [0.15, 0.2) is 24.3 Å². The van der Waals surface area contributed by atoms with Crippen molar-refractivity contribution in [1.82, 2.24) is 4.90 Å². The summed E-state index contributed by atoms with van der Waals surface area (Å²) in [7, 11) is 0. The maximum Gasteiger partial charge on any atom is 0.227 e. The van der Waals surface area contributed by atoms with Gasteiger partial charge in [-0.1, -0.05) is 12.1 Å². The molecule has 1 saturated heterocycles. The predicted molar refractivity (Wildman–Crippen MR) is 74.8 cm³/mol. The molecule has 0 bridgehead atoms. The number of nitrogens with zero attached hydrogens (tertiary/aromatic N) is 1. The van der Waals surface area contributed by atoms with Crippen molar-refractivity contribution < 1.29 is 9.59 Å². The lowest BCUT2D eigenvalue weighted by Gasteiger charge is -2.30. The topological polar surface area (TPSA) is 49.4 Å². The number of piperidine rings is 1. The van der Waals surface area contributed by atoms with Crippen LogP contribution in [0.3, 0.4) is 0 Å². The molecule has 0 saturated carbocycles. The Balaban J connectivity index is 1.90.